The summed E-state index contributed by atoms with van der Waals surface area (Å²) in [5.74, 6) is 0. The molecule has 0 unspecified atom stereocenters. The quantitative estimate of drug-likeness (QED) is 0.759. The third-order valence-electron chi connectivity index (χ3n) is 4.12. The van der Waals surface area contributed by atoms with Crippen molar-refractivity contribution in [3.05, 3.63) is 77.5 Å². The van der Waals surface area contributed by atoms with Crippen LogP contribution in [0.2, 0.25) is 0 Å². The first-order chi connectivity index (χ1) is 11.9. The van der Waals surface area contributed by atoms with E-state index in [0.717, 1.165) is 22.3 Å². The summed E-state index contributed by atoms with van der Waals surface area (Å²) in [6, 6.07) is 16.8. The Kier molecular flexibility index (Phi) is 4.79. The Morgan fingerprint density at radius 1 is 0.960 bits per heavy atom. The lowest BCUT2D eigenvalue weighted by Crippen LogP contribution is -2.13. The van der Waals surface area contributed by atoms with Crippen molar-refractivity contribution >= 4 is 10.0 Å². The topological polar surface area (TPSA) is 51.1 Å². The molecule has 0 aliphatic rings. The standard InChI is InChI=1S/C20H22N2O2S/c1-15-7-9-19(10-8-15)25(23,24)22-14-17(13-21-3)12-20(22)18-6-4-5-16(2)11-18/h4-12,14,21H,13H2,1-3H3. The molecule has 0 aliphatic heterocycles. The van der Waals surface area contributed by atoms with E-state index in [4.69, 9.17) is 0 Å². The highest BCUT2D eigenvalue weighted by Gasteiger charge is 2.21. The van der Waals surface area contributed by atoms with Gasteiger partial charge in [0, 0.05) is 12.7 Å². The van der Waals surface area contributed by atoms with Crippen molar-refractivity contribution in [3.63, 3.8) is 0 Å². The van der Waals surface area contributed by atoms with Crippen LogP contribution in [-0.2, 0) is 16.6 Å². The van der Waals surface area contributed by atoms with Crippen molar-refractivity contribution < 1.29 is 8.42 Å². The fourth-order valence-electron chi connectivity index (χ4n) is 2.84. The van der Waals surface area contributed by atoms with Gasteiger partial charge >= 0.3 is 0 Å². The van der Waals surface area contributed by atoms with Gasteiger partial charge in [-0.1, -0.05) is 41.5 Å². The molecule has 130 valence electrons. The molecule has 0 amide bonds. The maximum absolute atomic E-state index is 13.2. The average molecular weight is 354 g/mol. The number of nitrogens with one attached hydrogen (secondary N) is 1. The van der Waals surface area contributed by atoms with Gasteiger partial charge in [-0.2, -0.15) is 0 Å². The maximum Gasteiger partial charge on any atom is 0.268 e. The molecule has 1 aromatic heterocycles. The van der Waals surface area contributed by atoms with Crippen molar-refractivity contribution in [2.24, 2.45) is 0 Å². The summed E-state index contributed by atoms with van der Waals surface area (Å²) in [5.41, 5.74) is 4.61. The zero-order valence-electron chi connectivity index (χ0n) is 14.7. The normalized spacial score (nSPS) is 11.6. The van der Waals surface area contributed by atoms with E-state index >= 15 is 0 Å². The zero-order valence-corrected chi connectivity index (χ0v) is 15.5. The molecule has 5 heteroatoms. The summed E-state index contributed by atoms with van der Waals surface area (Å²) >= 11 is 0. The van der Waals surface area contributed by atoms with Gasteiger partial charge < -0.3 is 5.32 Å². The van der Waals surface area contributed by atoms with Crippen molar-refractivity contribution in [3.8, 4) is 11.3 Å². The molecule has 0 radical (unpaired) electrons. The van der Waals surface area contributed by atoms with E-state index in [0.29, 0.717) is 17.1 Å². The van der Waals surface area contributed by atoms with E-state index in [1.165, 1.54) is 3.97 Å². The summed E-state index contributed by atoms with van der Waals surface area (Å²) in [6.07, 6.45) is 1.70. The van der Waals surface area contributed by atoms with Gasteiger partial charge in [0.25, 0.3) is 10.0 Å². The fourth-order valence-corrected chi connectivity index (χ4v) is 4.23. The highest BCUT2D eigenvalue weighted by atomic mass is 32.2. The number of hydrogen-bond acceptors (Lipinski definition) is 3. The van der Waals surface area contributed by atoms with Crippen LogP contribution in [0.3, 0.4) is 0 Å². The highest BCUT2D eigenvalue weighted by Crippen LogP contribution is 2.28. The lowest BCUT2D eigenvalue weighted by Gasteiger charge is -2.11. The molecule has 0 spiro atoms. The van der Waals surface area contributed by atoms with Crippen molar-refractivity contribution in [1.29, 1.82) is 0 Å². The maximum atomic E-state index is 13.2. The minimum atomic E-state index is -3.66. The summed E-state index contributed by atoms with van der Waals surface area (Å²) < 4.78 is 27.8. The van der Waals surface area contributed by atoms with Gasteiger partial charge in [0.2, 0.25) is 0 Å². The largest absolute Gasteiger partial charge is 0.316 e. The fraction of sp³-hybridized carbons (Fsp3) is 0.200. The smallest absolute Gasteiger partial charge is 0.268 e. The first kappa shape index (κ1) is 17.5. The first-order valence-electron chi connectivity index (χ1n) is 8.17. The van der Waals surface area contributed by atoms with Crippen LogP contribution < -0.4 is 5.32 Å². The molecule has 3 rings (SSSR count). The molecule has 0 bridgehead atoms. The van der Waals surface area contributed by atoms with Gasteiger partial charge in [0.1, 0.15) is 0 Å². The minimum absolute atomic E-state index is 0.290. The monoisotopic (exact) mass is 354 g/mol. The number of benzene rings is 2. The number of rotatable bonds is 5. The van der Waals surface area contributed by atoms with Gasteiger partial charge in [-0.25, -0.2) is 12.4 Å². The number of aromatic nitrogens is 1. The highest BCUT2D eigenvalue weighted by molar-refractivity contribution is 7.90. The van der Waals surface area contributed by atoms with Crippen LogP contribution in [0.4, 0.5) is 0 Å². The van der Waals surface area contributed by atoms with Gasteiger partial charge in [-0.15, -0.1) is 0 Å². The van der Waals surface area contributed by atoms with E-state index in [1.807, 2.05) is 63.4 Å². The summed E-state index contributed by atoms with van der Waals surface area (Å²) in [5, 5.41) is 3.08. The van der Waals surface area contributed by atoms with E-state index in [2.05, 4.69) is 5.32 Å². The van der Waals surface area contributed by atoms with Crippen LogP contribution in [0.1, 0.15) is 16.7 Å². The predicted octanol–water partition coefficient (Wildman–Crippen LogP) is 3.73. The van der Waals surface area contributed by atoms with Crippen LogP contribution in [0.5, 0.6) is 0 Å². The molecule has 25 heavy (non-hydrogen) atoms. The Bertz CT molecular complexity index is 987. The van der Waals surface area contributed by atoms with Crippen molar-refractivity contribution in [2.75, 3.05) is 7.05 Å². The van der Waals surface area contributed by atoms with Crippen LogP contribution >= 0.6 is 0 Å². The van der Waals surface area contributed by atoms with E-state index in [1.54, 1.807) is 18.3 Å². The molecule has 1 heterocycles. The second kappa shape index (κ2) is 6.86. The van der Waals surface area contributed by atoms with Gasteiger partial charge in [0.05, 0.1) is 10.6 Å². The third kappa shape index (κ3) is 3.52. The molecular formula is C20H22N2O2S. The SMILES string of the molecule is CNCc1cc(-c2cccc(C)c2)n(S(=O)(=O)c2ccc(C)cc2)c1. The zero-order chi connectivity index (χ0) is 18.0. The first-order valence-corrected chi connectivity index (χ1v) is 9.61. The van der Waals surface area contributed by atoms with Crippen LogP contribution in [0, 0.1) is 13.8 Å². The van der Waals surface area contributed by atoms with E-state index in [-0.39, 0.29) is 0 Å². The molecule has 0 fully saturated rings. The number of hydrogen-bond donors (Lipinski definition) is 1. The molecule has 0 aliphatic carbocycles. The van der Waals surface area contributed by atoms with Crippen LogP contribution in [0.15, 0.2) is 65.7 Å². The Labute approximate surface area is 149 Å². The van der Waals surface area contributed by atoms with Crippen molar-refractivity contribution in [2.45, 2.75) is 25.3 Å². The summed E-state index contributed by atoms with van der Waals surface area (Å²) in [4.78, 5) is 0.290. The molecule has 0 saturated carbocycles. The predicted molar refractivity (Wildman–Crippen MR) is 101 cm³/mol. The summed E-state index contributed by atoms with van der Waals surface area (Å²) in [7, 11) is -1.81. The van der Waals surface area contributed by atoms with Gasteiger partial charge in [-0.05, 0) is 56.3 Å². The van der Waals surface area contributed by atoms with Crippen molar-refractivity contribution in [1.82, 2.24) is 9.29 Å². The Hall–Kier alpha value is -2.37. The van der Waals surface area contributed by atoms with Crippen LogP contribution in [0.25, 0.3) is 11.3 Å². The second-order valence-corrected chi connectivity index (χ2v) is 8.06. The summed E-state index contributed by atoms with van der Waals surface area (Å²) in [6.45, 7) is 4.55. The molecule has 1 N–H and O–H groups in total. The second-order valence-electron chi connectivity index (χ2n) is 6.25. The Balaban J connectivity index is 2.19. The lowest BCUT2D eigenvalue weighted by molar-refractivity contribution is 0.588. The molecule has 3 aromatic rings. The van der Waals surface area contributed by atoms with Gasteiger partial charge in [0.15, 0.2) is 0 Å². The molecule has 4 nitrogen and oxygen atoms in total. The Morgan fingerprint density at radius 3 is 2.32 bits per heavy atom. The van der Waals surface area contributed by atoms with Gasteiger partial charge in [-0.3, -0.25) is 0 Å². The third-order valence-corrected chi connectivity index (χ3v) is 5.80. The minimum Gasteiger partial charge on any atom is -0.316 e. The molecule has 0 atom stereocenters. The lowest BCUT2D eigenvalue weighted by atomic mass is 10.1. The number of aryl methyl sites for hydroxylation is 2. The van der Waals surface area contributed by atoms with Crippen LogP contribution in [-0.4, -0.2) is 19.4 Å². The molecule has 0 saturated heterocycles. The molecular weight excluding hydrogens is 332 g/mol. The molecule has 2 aromatic carbocycles. The van der Waals surface area contributed by atoms with E-state index < -0.39 is 10.0 Å². The average Bonchev–Trinajstić information content (AvgIpc) is 3.00. The Morgan fingerprint density at radius 2 is 1.68 bits per heavy atom. The number of nitrogens with zero attached hydrogens (tertiary/aromatic N) is 1. The van der Waals surface area contributed by atoms with E-state index in [9.17, 15) is 8.42 Å².